The van der Waals surface area contributed by atoms with Crippen molar-refractivity contribution >= 4 is 11.8 Å². The average molecular weight is 376 g/mol. The molecule has 0 aromatic heterocycles. The Morgan fingerprint density at radius 1 is 0.821 bits per heavy atom. The Bertz CT molecular complexity index is 930. The lowest BCUT2D eigenvalue weighted by molar-refractivity contribution is -0.121. The third-order valence-electron chi connectivity index (χ3n) is 4.34. The minimum absolute atomic E-state index is 0.0632. The fourth-order valence-electron chi connectivity index (χ4n) is 2.88. The second-order valence-corrected chi connectivity index (χ2v) is 6.38. The first-order chi connectivity index (χ1) is 13.6. The molecule has 0 saturated heterocycles. The van der Waals surface area contributed by atoms with E-state index in [1.54, 1.807) is 42.5 Å². The molecule has 0 fully saturated rings. The number of rotatable bonds is 7. The lowest BCUT2D eigenvalue weighted by Crippen LogP contribution is -2.34. The summed E-state index contributed by atoms with van der Waals surface area (Å²) >= 11 is 0. The summed E-state index contributed by atoms with van der Waals surface area (Å²) in [6.45, 7) is 0.371. The van der Waals surface area contributed by atoms with Gasteiger partial charge in [0, 0.05) is 17.7 Å². The monoisotopic (exact) mass is 376 g/mol. The summed E-state index contributed by atoms with van der Waals surface area (Å²) in [5.41, 5.74) is 1.70. The van der Waals surface area contributed by atoms with Crippen LogP contribution in [0.2, 0.25) is 0 Å². The molecule has 0 saturated carbocycles. The molecule has 0 spiro atoms. The topological polar surface area (TPSA) is 58.2 Å². The molecular weight excluding hydrogens is 355 g/mol. The Kier molecular flexibility index (Phi) is 6.52. The summed E-state index contributed by atoms with van der Waals surface area (Å²) in [5.74, 6) is -1.09. The second-order valence-electron chi connectivity index (χ2n) is 6.38. The Morgan fingerprint density at radius 2 is 1.43 bits per heavy atom. The van der Waals surface area contributed by atoms with Gasteiger partial charge in [-0.15, -0.1) is 0 Å². The van der Waals surface area contributed by atoms with E-state index in [4.69, 9.17) is 0 Å². The molecule has 142 valence electrons. The molecule has 1 unspecified atom stereocenters. The highest BCUT2D eigenvalue weighted by Crippen LogP contribution is 2.21. The molecule has 0 heterocycles. The standard InChI is InChI=1S/C23H21FN2O2/c24-20-14-8-7-13-19(20)21(26-23(28)18-11-5-2-6-12-18)15-22(27)25-16-17-9-3-1-4-10-17/h1-14,21H,15-16H2,(H,25,27)(H,26,28). The van der Waals surface area contributed by atoms with Gasteiger partial charge in [0.15, 0.2) is 0 Å². The van der Waals surface area contributed by atoms with Gasteiger partial charge in [0.05, 0.1) is 12.5 Å². The summed E-state index contributed by atoms with van der Waals surface area (Å²) in [7, 11) is 0. The summed E-state index contributed by atoms with van der Waals surface area (Å²) in [6.07, 6.45) is -0.0632. The van der Waals surface area contributed by atoms with Gasteiger partial charge in [-0.05, 0) is 23.8 Å². The Hall–Kier alpha value is -3.47. The van der Waals surface area contributed by atoms with Crippen molar-refractivity contribution in [3.05, 3.63) is 107 Å². The highest BCUT2D eigenvalue weighted by molar-refractivity contribution is 5.94. The number of carbonyl (C=O) groups is 2. The molecule has 1 atom stereocenters. The normalized spacial score (nSPS) is 11.5. The second kappa shape index (κ2) is 9.46. The fourth-order valence-corrected chi connectivity index (χ4v) is 2.88. The van der Waals surface area contributed by atoms with Crippen LogP contribution in [0.3, 0.4) is 0 Å². The molecule has 4 nitrogen and oxygen atoms in total. The molecule has 0 aliphatic heterocycles. The summed E-state index contributed by atoms with van der Waals surface area (Å²) in [5, 5.41) is 5.60. The van der Waals surface area contributed by atoms with Crippen LogP contribution in [0.5, 0.6) is 0 Å². The predicted octanol–water partition coefficient (Wildman–Crippen LogP) is 4.00. The van der Waals surface area contributed by atoms with Gasteiger partial charge in [-0.1, -0.05) is 66.7 Å². The third-order valence-corrected chi connectivity index (χ3v) is 4.34. The fraction of sp³-hybridized carbons (Fsp3) is 0.130. The van der Waals surface area contributed by atoms with Crippen molar-refractivity contribution in [3.8, 4) is 0 Å². The van der Waals surface area contributed by atoms with Crippen LogP contribution in [0.1, 0.15) is 33.9 Å². The molecule has 3 rings (SSSR count). The first-order valence-corrected chi connectivity index (χ1v) is 9.04. The van der Waals surface area contributed by atoms with Gasteiger partial charge >= 0.3 is 0 Å². The van der Waals surface area contributed by atoms with E-state index in [2.05, 4.69) is 10.6 Å². The molecule has 5 heteroatoms. The van der Waals surface area contributed by atoms with E-state index >= 15 is 0 Å². The lowest BCUT2D eigenvalue weighted by atomic mass is 10.0. The molecule has 0 bridgehead atoms. The zero-order valence-electron chi connectivity index (χ0n) is 15.3. The van der Waals surface area contributed by atoms with Crippen molar-refractivity contribution < 1.29 is 14.0 Å². The number of halogens is 1. The van der Waals surface area contributed by atoms with Gasteiger partial charge in [0.1, 0.15) is 5.82 Å². The highest BCUT2D eigenvalue weighted by Gasteiger charge is 2.21. The smallest absolute Gasteiger partial charge is 0.251 e. The Balaban J connectivity index is 1.72. The minimum Gasteiger partial charge on any atom is -0.352 e. The molecule has 2 N–H and O–H groups in total. The van der Waals surface area contributed by atoms with Gasteiger partial charge < -0.3 is 10.6 Å². The van der Waals surface area contributed by atoms with Crippen molar-refractivity contribution in [1.29, 1.82) is 0 Å². The first-order valence-electron chi connectivity index (χ1n) is 9.04. The predicted molar refractivity (Wildman–Crippen MR) is 106 cm³/mol. The van der Waals surface area contributed by atoms with Gasteiger partial charge in [0.2, 0.25) is 5.91 Å². The van der Waals surface area contributed by atoms with Gasteiger partial charge in [-0.3, -0.25) is 9.59 Å². The van der Waals surface area contributed by atoms with Gasteiger partial charge in [-0.2, -0.15) is 0 Å². The van der Waals surface area contributed by atoms with E-state index in [-0.39, 0.29) is 23.8 Å². The number of hydrogen-bond acceptors (Lipinski definition) is 2. The van der Waals surface area contributed by atoms with Crippen molar-refractivity contribution in [1.82, 2.24) is 10.6 Å². The van der Waals surface area contributed by atoms with Crippen LogP contribution in [-0.2, 0) is 11.3 Å². The third kappa shape index (κ3) is 5.27. The summed E-state index contributed by atoms with van der Waals surface area (Å²) in [4.78, 5) is 25.0. The largest absolute Gasteiger partial charge is 0.352 e. The maximum atomic E-state index is 14.3. The van der Waals surface area contributed by atoms with E-state index in [1.807, 2.05) is 36.4 Å². The summed E-state index contributed by atoms with van der Waals surface area (Å²) in [6, 6.07) is 23.5. The van der Waals surface area contributed by atoms with Crippen LogP contribution in [0.15, 0.2) is 84.9 Å². The average Bonchev–Trinajstić information content (AvgIpc) is 2.73. The van der Waals surface area contributed by atoms with Crippen molar-refractivity contribution in [2.75, 3.05) is 0 Å². The zero-order valence-corrected chi connectivity index (χ0v) is 15.3. The molecule has 3 aromatic rings. The number of hydrogen-bond donors (Lipinski definition) is 2. The van der Waals surface area contributed by atoms with E-state index in [9.17, 15) is 14.0 Å². The zero-order chi connectivity index (χ0) is 19.8. The maximum Gasteiger partial charge on any atom is 0.251 e. The number of carbonyl (C=O) groups excluding carboxylic acids is 2. The summed E-state index contributed by atoms with van der Waals surface area (Å²) < 4.78 is 14.3. The molecule has 0 aliphatic carbocycles. The van der Waals surface area contributed by atoms with Crippen molar-refractivity contribution in [2.24, 2.45) is 0 Å². The van der Waals surface area contributed by atoms with Crippen LogP contribution in [0.4, 0.5) is 4.39 Å². The van der Waals surface area contributed by atoms with Crippen LogP contribution in [-0.4, -0.2) is 11.8 Å². The van der Waals surface area contributed by atoms with E-state index < -0.39 is 11.9 Å². The van der Waals surface area contributed by atoms with Crippen molar-refractivity contribution in [2.45, 2.75) is 19.0 Å². The van der Waals surface area contributed by atoms with E-state index in [0.29, 0.717) is 12.1 Å². The van der Waals surface area contributed by atoms with Crippen LogP contribution in [0, 0.1) is 5.82 Å². The minimum atomic E-state index is -0.773. The lowest BCUT2D eigenvalue weighted by Gasteiger charge is -2.20. The molecule has 3 aromatic carbocycles. The Morgan fingerprint density at radius 3 is 2.11 bits per heavy atom. The van der Waals surface area contributed by atoms with Gasteiger partial charge in [-0.25, -0.2) is 4.39 Å². The first kappa shape index (κ1) is 19.3. The number of amides is 2. The van der Waals surface area contributed by atoms with E-state index in [0.717, 1.165) is 5.56 Å². The molecular formula is C23H21FN2O2. The highest BCUT2D eigenvalue weighted by atomic mass is 19.1. The molecule has 28 heavy (non-hydrogen) atoms. The SMILES string of the molecule is O=C(CC(NC(=O)c1ccccc1)c1ccccc1F)NCc1ccccc1. The van der Waals surface area contributed by atoms with Crippen LogP contribution >= 0.6 is 0 Å². The van der Waals surface area contributed by atoms with Gasteiger partial charge in [0.25, 0.3) is 5.91 Å². The maximum absolute atomic E-state index is 14.3. The molecule has 0 aliphatic rings. The molecule has 2 amide bonds. The van der Waals surface area contributed by atoms with E-state index in [1.165, 1.54) is 6.07 Å². The van der Waals surface area contributed by atoms with Crippen LogP contribution < -0.4 is 10.6 Å². The molecule has 0 radical (unpaired) electrons. The van der Waals surface area contributed by atoms with Crippen LogP contribution in [0.25, 0.3) is 0 Å². The number of nitrogens with one attached hydrogen (secondary N) is 2. The quantitative estimate of drug-likeness (QED) is 0.655. The Labute approximate surface area is 163 Å². The number of benzene rings is 3. The van der Waals surface area contributed by atoms with Crippen molar-refractivity contribution in [3.63, 3.8) is 0 Å².